The summed E-state index contributed by atoms with van der Waals surface area (Å²) in [5, 5.41) is 9.26. The van der Waals surface area contributed by atoms with Crippen LogP contribution >= 0.6 is 0 Å². The number of carboxylic acid groups (broad SMARTS) is 1. The van der Waals surface area contributed by atoms with E-state index in [0.29, 0.717) is 26.1 Å². The fourth-order valence-electron chi connectivity index (χ4n) is 3.11. The molecule has 24 heavy (non-hydrogen) atoms. The summed E-state index contributed by atoms with van der Waals surface area (Å²) in [5.41, 5.74) is 0.197. The molecule has 0 bridgehead atoms. The van der Waals surface area contributed by atoms with Crippen molar-refractivity contribution >= 4 is 5.97 Å². The molecule has 2 rings (SSSR count). The Hall–Kier alpha value is -1.60. The number of alkyl halides is 3. The second-order valence-electron chi connectivity index (χ2n) is 6.12. The summed E-state index contributed by atoms with van der Waals surface area (Å²) in [4.78, 5) is 15.4. The van der Waals surface area contributed by atoms with Crippen molar-refractivity contribution in [3.8, 4) is 0 Å². The zero-order chi connectivity index (χ0) is 17.7. The van der Waals surface area contributed by atoms with Gasteiger partial charge in [0.1, 0.15) is 6.04 Å². The van der Waals surface area contributed by atoms with E-state index in [9.17, 15) is 23.1 Å². The lowest BCUT2D eigenvalue weighted by atomic mass is 10.1. The summed E-state index contributed by atoms with van der Waals surface area (Å²) in [6.07, 6.45) is -2.90. The topological polar surface area (TPSA) is 43.8 Å². The third-order valence-electron chi connectivity index (χ3n) is 4.42. The van der Waals surface area contributed by atoms with E-state index in [1.165, 1.54) is 12.1 Å². The fraction of sp³-hybridized carbons (Fsp3) is 0.588. The van der Waals surface area contributed by atoms with Crippen molar-refractivity contribution in [3.63, 3.8) is 0 Å². The summed E-state index contributed by atoms with van der Waals surface area (Å²) in [5.74, 6) is -0.798. The zero-order valence-corrected chi connectivity index (χ0v) is 13.7. The molecular weight excluding hydrogens is 321 g/mol. The van der Waals surface area contributed by atoms with Gasteiger partial charge in [-0.05, 0) is 37.1 Å². The second kappa shape index (κ2) is 7.98. The first-order valence-electron chi connectivity index (χ1n) is 8.16. The summed E-state index contributed by atoms with van der Waals surface area (Å²) in [7, 11) is 0. The summed E-state index contributed by atoms with van der Waals surface area (Å²) in [6, 6.07) is 4.78. The Bertz CT molecular complexity index is 546. The van der Waals surface area contributed by atoms with Gasteiger partial charge in [0.2, 0.25) is 0 Å². The number of hydrogen-bond donors (Lipinski definition) is 1. The van der Waals surface area contributed by atoms with Crippen molar-refractivity contribution in [1.29, 1.82) is 0 Å². The quantitative estimate of drug-likeness (QED) is 0.892. The van der Waals surface area contributed by atoms with E-state index in [2.05, 4.69) is 4.90 Å². The first kappa shape index (κ1) is 18.7. The number of hydrogen-bond acceptors (Lipinski definition) is 3. The van der Waals surface area contributed by atoms with Crippen LogP contribution in [0.3, 0.4) is 0 Å². The van der Waals surface area contributed by atoms with Gasteiger partial charge in [0, 0.05) is 26.2 Å². The Balaban J connectivity index is 1.93. The minimum absolute atomic E-state index is 0.462. The van der Waals surface area contributed by atoms with E-state index in [1.807, 2.05) is 11.8 Å². The van der Waals surface area contributed by atoms with E-state index in [1.54, 1.807) is 0 Å². The Morgan fingerprint density at radius 1 is 1.17 bits per heavy atom. The Morgan fingerprint density at radius 2 is 1.83 bits per heavy atom. The molecule has 1 N–H and O–H groups in total. The number of rotatable bonds is 5. The van der Waals surface area contributed by atoms with E-state index in [0.717, 1.165) is 37.2 Å². The maximum absolute atomic E-state index is 12.6. The van der Waals surface area contributed by atoms with E-state index < -0.39 is 23.8 Å². The van der Waals surface area contributed by atoms with Crippen molar-refractivity contribution < 1.29 is 23.1 Å². The molecular formula is C17H23F3N2O2. The van der Waals surface area contributed by atoms with Crippen LogP contribution in [0.2, 0.25) is 0 Å². The third-order valence-corrected chi connectivity index (χ3v) is 4.42. The number of aliphatic carboxylic acids is 1. The van der Waals surface area contributed by atoms with E-state index in [-0.39, 0.29) is 0 Å². The number of carbonyl (C=O) groups is 1. The van der Waals surface area contributed by atoms with Gasteiger partial charge < -0.3 is 5.11 Å². The molecule has 134 valence electrons. The molecule has 1 aromatic carbocycles. The van der Waals surface area contributed by atoms with Crippen molar-refractivity contribution in [2.75, 3.05) is 26.2 Å². The summed E-state index contributed by atoms with van der Waals surface area (Å²) >= 11 is 0. The molecule has 0 unspecified atom stereocenters. The highest BCUT2D eigenvalue weighted by Gasteiger charge is 2.30. The molecule has 1 heterocycles. The van der Waals surface area contributed by atoms with Crippen LogP contribution in [-0.2, 0) is 17.5 Å². The van der Waals surface area contributed by atoms with E-state index in [4.69, 9.17) is 0 Å². The molecule has 1 fully saturated rings. The number of nitrogens with zero attached hydrogens (tertiary/aromatic N) is 2. The molecule has 0 saturated carbocycles. The van der Waals surface area contributed by atoms with Gasteiger partial charge in [-0.2, -0.15) is 13.2 Å². The van der Waals surface area contributed by atoms with Crippen molar-refractivity contribution in [2.45, 2.75) is 38.5 Å². The van der Waals surface area contributed by atoms with Gasteiger partial charge >= 0.3 is 12.1 Å². The summed E-state index contributed by atoms with van der Waals surface area (Å²) in [6.45, 7) is 5.36. The Kier molecular flexibility index (Phi) is 6.23. The van der Waals surface area contributed by atoms with Crippen LogP contribution < -0.4 is 0 Å². The molecule has 4 nitrogen and oxygen atoms in total. The molecule has 0 aliphatic carbocycles. The molecule has 0 amide bonds. The normalized spacial score (nSPS) is 19.0. The molecule has 1 aliphatic heterocycles. The van der Waals surface area contributed by atoms with Crippen LogP contribution in [0.25, 0.3) is 0 Å². The molecule has 1 atom stereocenters. The lowest BCUT2D eigenvalue weighted by molar-refractivity contribution is -0.143. The lowest BCUT2D eigenvalue weighted by Crippen LogP contribution is -2.42. The highest BCUT2D eigenvalue weighted by atomic mass is 19.4. The van der Waals surface area contributed by atoms with Gasteiger partial charge in [-0.25, -0.2) is 0 Å². The second-order valence-corrected chi connectivity index (χ2v) is 6.12. The molecule has 0 radical (unpaired) electrons. The highest BCUT2D eigenvalue weighted by Crippen LogP contribution is 2.29. The minimum atomic E-state index is -4.31. The number of halogens is 3. The van der Waals surface area contributed by atoms with E-state index >= 15 is 0 Å². The highest BCUT2D eigenvalue weighted by molar-refractivity contribution is 5.73. The van der Waals surface area contributed by atoms with Crippen LogP contribution in [0.5, 0.6) is 0 Å². The average Bonchev–Trinajstić information content (AvgIpc) is 2.73. The van der Waals surface area contributed by atoms with Crippen molar-refractivity contribution in [2.24, 2.45) is 0 Å². The van der Waals surface area contributed by atoms with Gasteiger partial charge in [0.15, 0.2) is 0 Å². The maximum atomic E-state index is 12.6. The van der Waals surface area contributed by atoms with Gasteiger partial charge in [0.05, 0.1) is 5.56 Å². The number of carboxylic acids is 1. The third kappa shape index (κ3) is 4.95. The van der Waals surface area contributed by atoms with Crippen LogP contribution in [0.15, 0.2) is 24.3 Å². The fourth-order valence-corrected chi connectivity index (χ4v) is 3.11. The largest absolute Gasteiger partial charge is 0.480 e. The smallest absolute Gasteiger partial charge is 0.416 e. The van der Waals surface area contributed by atoms with Gasteiger partial charge in [-0.15, -0.1) is 0 Å². The van der Waals surface area contributed by atoms with Gasteiger partial charge in [0.25, 0.3) is 0 Å². The monoisotopic (exact) mass is 344 g/mol. The van der Waals surface area contributed by atoms with Gasteiger partial charge in [-0.1, -0.05) is 19.1 Å². The predicted molar refractivity (Wildman–Crippen MR) is 84.6 cm³/mol. The van der Waals surface area contributed by atoms with Crippen molar-refractivity contribution in [3.05, 3.63) is 35.4 Å². The first-order valence-corrected chi connectivity index (χ1v) is 8.16. The molecule has 1 saturated heterocycles. The van der Waals surface area contributed by atoms with Crippen LogP contribution in [-0.4, -0.2) is 53.1 Å². The minimum Gasteiger partial charge on any atom is -0.480 e. The molecule has 1 aromatic rings. The summed E-state index contributed by atoms with van der Waals surface area (Å²) < 4.78 is 37.8. The lowest BCUT2D eigenvalue weighted by Gasteiger charge is -2.26. The SMILES string of the molecule is CC[C@@H](C(=O)O)N1CCCN(Cc2ccc(C(F)(F)F)cc2)CC1. The molecule has 0 spiro atoms. The Morgan fingerprint density at radius 3 is 2.38 bits per heavy atom. The number of benzene rings is 1. The molecule has 0 aromatic heterocycles. The molecule has 7 heteroatoms. The Labute approximate surface area is 139 Å². The average molecular weight is 344 g/mol. The van der Waals surface area contributed by atoms with Crippen molar-refractivity contribution in [1.82, 2.24) is 9.80 Å². The van der Waals surface area contributed by atoms with Crippen LogP contribution in [0.1, 0.15) is 30.9 Å². The maximum Gasteiger partial charge on any atom is 0.416 e. The molecule has 1 aliphatic rings. The van der Waals surface area contributed by atoms with Crippen LogP contribution in [0, 0.1) is 0 Å². The van der Waals surface area contributed by atoms with Gasteiger partial charge in [-0.3, -0.25) is 14.6 Å². The first-order chi connectivity index (χ1) is 11.3. The standard InChI is InChI=1S/C17H23F3N2O2/c1-2-15(16(23)24)22-9-3-8-21(10-11-22)12-13-4-6-14(7-5-13)17(18,19)20/h4-7,15H,2-3,8-12H2,1H3,(H,23,24)/t15-/m0/s1. The predicted octanol–water partition coefficient (Wildman–Crippen LogP) is 3.08. The van der Waals surface area contributed by atoms with Crippen LogP contribution in [0.4, 0.5) is 13.2 Å². The zero-order valence-electron chi connectivity index (χ0n) is 13.7.